The lowest BCUT2D eigenvalue weighted by atomic mass is 9.49. The van der Waals surface area contributed by atoms with Crippen molar-refractivity contribution in [3.63, 3.8) is 0 Å². The first kappa shape index (κ1) is 20.3. The van der Waals surface area contributed by atoms with Crippen LogP contribution in [-0.2, 0) is 14.2 Å². The van der Waals surface area contributed by atoms with Crippen LogP contribution in [-0.4, -0.2) is 53.6 Å². The van der Waals surface area contributed by atoms with Crippen molar-refractivity contribution < 1.29 is 24.4 Å². The summed E-state index contributed by atoms with van der Waals surface area (Å²) in [6.07, 6.45) is 9.31. The first-order chi connectivity index (χ1) is 12.5. The maximum absolute atomic E-state index is 11.4. The fourth-order valence-electron chi connectivity index (χ4n) is 5.71. The van der Waals surface area contributed by atoms with Gasteiger partial charge in [0.15, 0.2) is 5.79 Å². The molecule has 1 saturated heterocycles. The molecule has 5 nitrogen and oxygen atoms in total. The summed E-state index contributed by atoms with van der Waals surface area (Å²) in [6, 6.07) is 0. The molecule has 0 aromatic rings. The van der Waals surface area contributed by atoms with Gasteiger partial charge in [-0.25, -0.2) is 0 Å². The lowest BCUT2D eigenvalue weighted by molar-refractivity contribution is -0.393. The number of fused-ring (bicyclic) bond motifs is 2. The minimum absolute atomic E-state index is 0.00740. The quantitative estimate of drug-likeness (QED) is 0.483. The Balaban J connectivity index is 1.75. The molecular formula is C21H36O5. The van der Waals surface area contributed by atoms with E-state index in [0.29, 0.717) is 38.9 Å². The lowest BCUT2D eigenvalue weighted by Crippen LogP contribution is -2.77. The Labute approximate surface area is 157 Å². The number of rotatable bonds is 9. The van der Waals surface area contributed by atoms with Crippen LogP contribution in [0.2, 0.25) is 0 Å². The molecule has 3 fully saturated rings. The van der Waals surface area contributed by atoms with Gasteiger partial charge in [-0.15, -0.1) is 6.58 Å². The molecule has 0 bridgehead atoms. The van der Waals surface area contributed by atoms with Crippen LogP contribution < -0.4 is 0 Å². The smallest absolute Gasteiger partial charge is 0.198 e. The van der Waals surface area contributed by atoms with Gasteiger partial charge in [0.1, 0.15) is 5.60 Å². The number of hydrogen-bond donors (Lipinski definition) is 2. The zero-order valence-corrected chi connectivity index (χ0v) is 16.4. The van der Waals surface area contributed by atoms with E-state index in [9.17, 15) is 10.2 Å². The third-order valence-electron chi connectivity index (χ3n) is 7.12. The maximum Gasteiger partial charge on any atom is 0.198 e. The number of unbranched alkanes of at least 4 members (excludes halogenated alkanes) is 4. The van der Waals surface area contributed by atoms with E-state index in [1.807, 2.05) is 0 Å². The molecule has 0 radical (unpaired) electrons. The molecule has 3 rings (SSSR count). The van der Waals surface area contributed by atoms with Crippen molar-refractivity contribution in [2.75, 3.05) is 20.3 Å². The molecule has 5 atom stereocenters. The molecule has 26 heavy (non-hydrogen) atoms. The number of methoxy groups -OCH3 is 1. The average Bonchev–Trinajstić information content (AvgIpc) is 3.13. The largest absolute Gasteiger partial charge is 0.393 e. The summed E-state index contributed by atoms with van der Waals surface area (Å²) >= 11 is 0. The fourth-order valence-corrected chi connectivity index (χ4v) is 5.71. The van der Waals surface area contributed by atoms with Crippen molar-refractivity contribution in [2.45, 2.75) is 87.8 Å². The summed E-state index contributed by atoms with van der Waals surface area (Å²) in [4.78, 5) is 0. The molecule has 2 aliphatic carbocycles. The van der Waals surface area contributed by atoms with Crippen LogP contribution in [0.3, 0.4) is 0 Å². The first-order valence-corrected chi connectivity index (χ1v) is 10.4. The Morgan fingerprint density at radius 3 is 2.54 bits per heavy atom. The number of aliphatic hydroxyl groups is 2. The first-order valence-electron chi connectivity index (χ1n) is 10.4. The van der Waals surface area contributed by atoms with E-state index >= 15 is 0 Å². The topological polar surface area (TPSA) is 68.2 Å². The van der Waals surface area contributed by atoms with Gasteiger partial charge in [-0.1, -0.05) is 45.1 Å². The standard InChI is InChI=1S/C21H36O5/c1-4-6-7-8-9-11-19(23,5-2)18-16-15-21(25-13-14-26-21)20(16,24-3)12-10-17(18)22/h5,16-18,22-23H,2,4,6-15H2,1,3H3/t16-,17-,18-,19-,20-/m1/s1. The zero-order valence-electron chi connectivity index (χ0n) is 16.4. The summed E-state index contributed by atoms with van der Waals surface area (Å²) in [7, 11) is 1.70. The lowest BCUT2D eigenvalue weighted by Gasteiger charge is -2.66. The molecule has 3 aliphatic rings. The van der Waals surface area contributed by atoms with E-state index in [-0.39, 0.29) is 11.8 Å². The summed E-state index contributed by atoms with van der Waals surface area (Å²) < 4.78 is 17.9. The number of aliphatic hydroxyl groups excluding tert-OH is 1. The molecule has 5 heteroatoms. The van der Waals surface area contributed by atoms with Crippen LogP contribution in [0.25, 0.3) is 0 Å². The SMILES string of the molecule is C=C[C@@](O)(CCCCCCC)[C@H]1[C@H](O)CC[C@@]2(OC)[C@@H]1CC21OCCO1. The van der Waals surface area contributed by atoms with Crippen LogP contribution in [0.5, 0.6) is 0 Å². The normalized spacial score (nSPS) is 37.8. The highest BCUT2D eigenvalue weighted by Crippen LogP contribution is 2.64. The summed E-state index contributed by atoms with van der Waals surface area (Å²) in [5.41, 5.74) is -1.66. The molecule has 0 aromatic carbocycles. The van der Waals surface area contributed by atoms with Crippen molar-refractivity contribution in [3.8, 4) is 0 Å². The van der Waals surface area contributed by atoms with Gasteiger partial charge in [0.05, 0.1) is 24.9 Å². The number of ether oxygens (including phenoxy) is 3. The maximum atomic E-state index is 11.4. The van der Waals surface area contributed by atoms with Crippen molar-refractivity contribution in [2.24, 2.45) is 11.8 Å². The molecule has 1 spiro atoms. The van der Waals surface area contributed by atoms with Gasteiger partial charge in [0.25, 0.3) is 0 Å². The van der Waals surface area contributed by atoms with E-state index in [2.05, 4.69) is 13.5 Å². The van der Waals surface area contributed by atoms with E-state index in [4.69, 9.17) is 14.2 Å². The Bertz CT molecular complexity index is 489. The van der Waals surface area contributed by atoms with Crippen LogP contribution in [0, 0.1) is 11.8 Å². The molecule has 1 heterocycles. The summed E-state index contributed by atoms with van der Waals surface area (Å²) in [5, 5.41) is 22.2. The molecule has 2 N–H and O–H groups in total. The van der Waals surface area contributed by atoms with Gasteiger partial charge in [0.2, 0.25) is 0 Å². The zero-order chi connectivity index (χ0) is 18.8. The second-order valence-corrected chi connectivity index (χ2v) is 8.35. The number of hydrogen-bond acceptors (Lipinski definition) is 5. The fraction of sp³-hybridized carbons (Fsp3) is 0.905. The Morgan fingerprint density at radius 1 is 1.23 bits per heavy atom. The molecule has 0 aromatic heterocycles. The van der Waals surface area contributed by atoms with Crippen molar-refractivity contribution in [1.29, 1.82) is 0 Å². The highest BCUT2D eigenvalue weighted by molar-refractivity contribution is 5.22. The monoisotopic (exact) mass is 368 g/mol. The minimum atomic E-state index is -1.08. The minimum Gasteiger partial charge on any atom is -0.393 e. The van der Waals surface area contributed by atoms with Gasteiger partial charge in [0, 0.05) is 25.4 Å². The Kier molecular flexibility index (Phi) is 6.15. The molecule has 2 saturated carbocycles. The molecule has 0 amide bonds. The van der Waals surface area contributed by atoms with Crippen LogP contribution in [0.4, 0.5) is 0 Å². The van der Waals surface area contributed by atoms with Gasteiger partial charge in [-0.2, -0.15) is 0 Å². The van der Waals surface area contributed by atoms with Crippen LogP contribution >= 0.6 is 0 Å². The van der Waals surface area contributed by atoms with Gasteiger partial charge in [-0.3, -0.25) is 0 Å². The second kappa shape index (κ2) is 7.88. The summed E-state index contributed by atoms with van der Waals surface area (Å²) in [5.74, 6) is -0.986. The molecule has 150 valence electrons. The Morgan fingerprint density at radius 2 is 1.92 bits per heavy atom. The van der Waals surface area contributed by atoms with Crippen molar-refractivity contribution in [1.82, 2.24) is 0 Å². The predicted molar refractivity (Wildman–Crippen MR) is 99.7 cm³/mol. The van der Waals surface area contributed by atoms with Crippen molar-refractivity contribution in [3.05, 3.63) is 12.7 Å². The van der Waals surface area contributed by atoms with Gasteiger partial charge >= 0.3 is 0 Å². The highest BCUT2D eigenvalue weighted by Gasteiger charge is 2.75. The third-order valence-corrected chi connectivity index (χ3v) is 7.12. The second-order valence-electron chi connectivity index (χ2n) is 8.35. The summed E-state index contributed by atoms with van der Waals surface area (Å²) in [6.45, 7) is 7.27. The molecule has 1 aliphatic heterocycles. The predicted octanol–water partition coefficient (Wildman–Crippen LogP) is 3.18. The Hall–Kier alpha value is -0.460. The van der Waals surface area contributed by atoms with E-state index in [1.165, 1.54) is 19.3 Å². The van der Waals surface area contributed by atoms with Gasteiger partial charge in [-0.05, 0) is 19.3 Å². The van der Waals surface area contributed by atoms with E-state index in [1.54, 1.807) is 13.2 Å². The molecular weight excluding hydrogens is 332 g/mol. The van der Waals surface area contributed by atoms with E-state index < -0.39 is 23.1 Å². The van der Waals surface area contributed by atoms with Gasteiger partial charge < -0.3 is 24.4 Å². The third kappa shape index (κ3) is 3.06. The van der Waals surface area contributed by atoms with Crippen LogP contribution in [0.1, 0.15) is 64.7 Å². The molecule has 0 unspecified atom stereocenters. The van der Waals surface area contributed by atoms with Crippen molar-refractivity contribution >= 4 is 0 Å². The van der Waals surface area contributed by atoms with Crippen LogP contribution in [0.15, 0.2) is 12.7 Å². The highest BCUT2D eigenvalue weighted by atomic mass is 16.8. The average molecular weight is 369 g/mol. The van der Waals surface area contributed by atoms with E-state index in [0.717, 1.165) is 12.8 Å².